The van der Waals surface area contributed by atoms with E-state index in [2.05, 4.69) is 31.1 Å². The minimum Gasteiger partial charge on any atom is -0.372 e. The van der Waals surface area contributed by atoms with Crippen molar-refractivity contribution in [2.24, 2.45) is 0 Å². The molecule has 2 rings (SSSR count). The maximum Gasteiger partial charge on any atom is 0.256 e. The van der Waals surface area contributed by atoms with Gasteiger partial charge in [-0.15, -0.1) is 0 Å². The van der Waals surface area contributed by atoms with Crippen LogP contribution < -0.4 is 0 Å². The number of methoxy groups -OCH3 is 1. The summed E-state index contributed by atoms with van der Waals surface area (Å²) in [4.78, 5) is 8.47. The lowest BCUT2D eigenvalue weighted by molar-refractivity contribution is 0.0706. The monoisotopic (exact) mass is 297 g/mol. The molecule has 0 aliphatic carbocycles. The second-order valence-corrected chi connectivity index (χ2v) is 4.37. The van der Waals surface area contributed by atoms with Gasteiger partial charge in [0.2, 0.25) is 5.82 Å². The van der Waals surface area contributed by atoms with E-state index in [1.54, 1.807) is 13.3 Å². The van der Waals surface area contributed by atoms with E-state index in [9.17, 15) is 0 Å². The Balaban J connectivity index is 2.26. The minimum absolute atomic E-state index is 0.160. The Hall–Kier alpha value is -1.27. The first-order chi connectivity index (χ1) is 8.24. The van der Waals surface area contributed by atoms with Crippen LogP contribution in [0.3, 0.4) is 0 Å². The van der Waals surface area contributed by atoms with Gasteiger partial charge in [-0.25, -0.2) is 0 Å². The number of nitrogens with zero attached hydrogens (tertiary/aromatic N) is 3. The lowest BCUT2D eigenvalue weighted by atomic mass is 10.3. The van der Waals surface area contributed by atoms with Crippen LogP contribution in [0.15, 0.2) is 27.3 Å². The van der Waals surface area contributed by atoms with Crippen molar-refractivity contribution in [1.82, 2.24) is 15.1 Å². The molecule has 0 saturated heterocycles. The lowest BCUT2D eigenvalue weighted by Gasteiger charge is -2.05. The van der Waals surface area contributed by atoms with Crippen LogP contribution in [-0.2, 0) is 4.74 Å². The van der Waals surface area contributed by atoms with E-state index in [1.165, 1.54) is 0 Å². The molecule has 0 saturated carbocycles. The fourth-order valence-corrected chi connectivity index (χ4v) is 1.65. The maximum absolute atomic E-state index is 5.23. The molecule has 2 aromatic heterocycles. The van der Waals surface area contributed by atoms with Crippen molar-refractivity contribution in [3.05, 3.63) is 28.7 Å². The van der Waals surface area contributed by atoms with E-state index in [0.29, 0.717) is 17.4 Å². The molecule has 0 spiro atoms. The predicted octanol–water partition coefficient (Wildman–Crippen LogP) is 2.99. The number of halogens is 1. The highest BCUT2D eigenvalue weighted by molar-refractivity contribution is 9.10. The fourth-order valence-electron chi connectivity index (χ4n) is 1.42. The summed E-state index contributed by atoms with van der Waals surface area (Å²) in [5.74, 6) is 0.956. The summed E-state index contributed by atoms with van der Waals surface area (Å²) in [6, 6.07) is 3.71. The van der Waals surface area contributed by atoms with Crippen molar-refractivity contribution < 1.29 is 9.26 Å². The van der Waals surface area contributed by atoms with Gasteiger partial charge in [0.05, 0.1) is 0 Å². The van der Waals surface area contributed by atoms with Crippen LogP contribution in [0.25, 0.3) is 11.5 Å². The molecule has 0 amide bonds. The summed E-state index contributed by atoms with van der Waals surface area (Å²) in [5, 5.41) is 3.89. The zero-order valence-electron chi connectivity index (χ0n) is 9.55. The van der Waals surface area contributed by atoms with Crippen LogP contribution in [0.1, 0.15) is 25.3 Å². The van der Waals surface area contributed by atoms with Gasteiger partial charge in [0.15, 0.2) is 0 Å². The van der Waals surface area contributed by atoms with Crippen molar-refractivity contribution >= 4 is 15.9 Å². The third kappa shape index (κ3) is 2.70. The van der Waals surface area contributed by atoms with Gasteiger partial charge in [-0.2, -0.15) is 4.98 Å². The molecule has 0 bridgehead atoms. The van der Waals surface area contributed by atoms with Gasteiger partial charge < -0.3 is 9.26 Å². The molecule has 2 aromatic rings. The number of aromatic nitrogens is 3. The first-order valence-electron chi connectivity index (χ1n) is 5.23. The Morgan fingerprint density at radius 3 is 2.88 bits per heavy atom. The lowest BCUT2D eigenvalue weighted by Crippen LogP contribution is -1.99. The molecule has 2 heterocycles. The fraction of sp³-hybridized carbons (Fsp3) is 0.364. The Morgan fingerprint density at radius 2 is 2.29 bits per heavy atom. The third-order valence-corrected chi connectivity index (χ3v) is 2.80. The zero-order chi connectivity index (χ0) is 12.3. The predicted molar refractivity (Wildman–Crippen MR) is 65.3 cm³/mol. The molecule has 17 heavy (non-hydrogen) atoms. The van der Waals surface area contributed by atoms with Crippen LogP contribution in [-0.4, -0.2) is 22.2 Å². The minimum atomic E-state index is -0.160. The van der Waals surface area contributed by atoms with Gasteiger partial charge in [-0.05, 0) is 34.5 Å². The van der Waals surface area contributed by atoms with Gasteiger partial charge in [0, 0.05) is 17.8 Å². The summed E-state index contributed by atoms with van der Waals surface area (Å²) >= 11 is 3.32. The number of hydrogen-bond acceptors (Lipinski definition) is 5. The quantitative estimate of drug-likeness (QED) is 0.868. The van der Waals surface area contributed by atoms with Crippen molar-refractivity contribution in [1.29, 1.82) is 0 Å². The molecule has 0 aliphatic rings. The number of rotatable bonds is 4. The molecule has 0 N–H and O–H groups in total. The first-order valence-corrected chi connectivity index (χ1v) is 6.02. The van der Waals surface area contributed by atoms with Gasteiger partial charge in [0.25, 0.3) is 5.89 Å². The maximum atomic E-state index is 5.23. The van der Waals surface area contributed by atoms with Crippen molar-refractivity contribution in [3.63, 3.8) is 0 Å². The zero-order valence-corrected chi connectivity index (χ0v) is 11.1. The van der Waals surface area contributed by atoms with Crippen LogP contribution >= 0.6 is 15.9 Å². The molecule has 1 unspecified atom stereocenters. The van der Waals surface area contributed by atoms with Crippen LogP contribution in [0.4, 0.5) is 0 Å². The molecular formula is C11H12BrN3O2. The summed E-state index contributed by atoms with van der Waals surface area (Å²) in [6.07, 6.45) is 2.32. The van der Waals surface area contributed by atoms with Gasteiger partial charge in [-0.1, -0.05) is 12.1 Å². The average molecular weight is 298 g/mol. The average Bonchev–Trinajstić information content (AvgIpc) is 2.81. The highest BCUT2D eigenvalue weighted by atomic mass is 79.9. The molecule has 5 nitrogen and oxygen atoms in total. The van der Waals surface area contributed by atoms with Crippen molar-refractivity contribution in [3.8, 4) is 11.5 Å². The van der Waals surface area contributed by atoms with E-state index in [-0.39, 0.29) is 6.10 Å². The first kappa shape index (κ1) is 12.2. The molecule has 1 atom stereocenters. The summed E-state index contributed by atoms with van der Waals surface area (Å²) in [6.45, 7) is 2.00. The topological polar surface area (TPSA) is 61.0 Å². The Labute approximate surface area is 107 Å². The third-order valence-electron chi connectivity index (χ3n) is 2.33. The Morgan fingerprint density at radius 1 is 1.47 bits per heavy atom. The summed E-state index contributed by atoms with van der Waals surface area (Å²) in [7, 11) is 1.62. The van der Waals surface area contributed by atoms with Crippen molar-refractivity contribution in [2.75, 3.05) is 7.11 Å². The van der Waals surface area contributed by atoms with Crippen LogP contribution in [0.2, 0.25) is 0 Å². The highest BCUT2D eigenvalue weighted by Crippen LogP contribution is 2.21. The van der Waals surface area contributed by atoms with E-state index in [0.717, 1.165) is 10.9 Å². The largest absolute Gasteiger partial charge is 0.372 e. The van der Waals surface area contributed by atoms with E-state index in [4.69, 9.17) is 9.26 Å². The smallest absolute Gasteiger partial charge is 0.256 e. The van der Waals surface area contributed by atoms with Crippen molar-refractivity contribution in [2.45, 2.75) is 19.4 Å². The van der Waals surface area contributed by atoms with Crippen LogP contribution in [0, 0.1) is 0 Å². The van der Waals surface area contributed by atoms with E-state index in [1.807, 2.05) is 19.1 Å². The molecule has 0 aromatic carbocycles. The number of hydrogen-bond donors (Lipinski definition) is 0. The van der Waals surface area contributed by atoms with Crippen LogP contribution in [0.5, 0.6) is 0 Å². The summed E-state index contributed by atoms with van der Waals surface area (Å²) in [5.41, 5.74) is 0.675. The molecule has 90 valence electrons. The standard InChI is InChI=1S/C11H12BrN3O2/c1-3-9(16-2)11-14-10(15-17-11)8-5-4-7(12)6-13-8/h4-6,9H,3H2,1-2H3. The molecule has 6 heteroatoms. The molecule has 0 aliphatic heterocycles. The molecule has 0 fully saturated rings. The van der Waals surface area contributed by atoms with E-state index < -0.39 is 0 Å². The summed E-state index contributed by atoms with van der Waals surface area (Å²) < 4.78 is 11.3. The highest BCUT2D eigenvalue weighted by Gasteiger charge is 2.17. The molecule has 0 radical (unpaired) electrons. The number of ether oxygens (including phenoxy) is 1. The normalized spacial score (nSPS) is 12.6. The molecular weight excluding hydrogens is 286 g/mol. The van der Waals surface area contributed by atoms with Gasteiger partial charge >= 0.3 is 0 Å². The SMILES string of the molecule is CCC(OC)c1nc(-c2ccc(Br)cn2)no1. The second kappa shape index (κ2) is 5.37. The van der Waals surface area contributed by atoms with Gasteiger partial charge in [0.1, 0.15) is 11.8 Å². The number of pyridine rings is 1. The Kier molecular flexibility index (Phi) is 3.86. The Bertz CT molecular complexity index is 480. The second-order valence-electron chi connectivity index (χ2n) is 3.45. The van der Waals surface area contributed by atoms with Gasteiger partial charge in [-0.3, -0.25) is 4.98 Å². The van der Waals surface area contributed by atoms with E-state index >= 15 is 0 Å².